The van der Waals surface area contributed by atoms with E-state index in [1.807, 2.05) is 30.3 Å². The Hall–Kier alpha value is -3.45. The number of piperidine rings is 1. The van der Waals surface area contributed by atoms with Crippen molar-refractivity contribution < 1.29 is 10.0 Å². The smallest absolute Gasteiger partial charge is 0.239 e. The number of aromatic hydroxyl groups is 1. The van der Waals surface area contributed by atoms with Crippen LogP contribution >= 0.6 is 0 Å². The number of pyridine rings is 1. The molecule has 0 unspecified atom stereocenters. The first-order valence-electron chi connectivity index (χ1n) is 10.9. The van der Waals surface area contributed by atoms with Gasteiger partial charge in [-0.05, 0) is 53.3 Å². The Balaban J connectivity index is 1.80. The minimum absolute atomic E-state index is 0.0195. The van der Waals surface area contributed by atoms with Gasteiger partial charge in [-0.1, -0.05) is 43.3 Å². The number of rotatable bonds is 6. The summed E-state index contributed by atoms with van der Waals surface area (Å²) >= 11 is 0. The summed E-state index contributed by atoms with van der Waals surface area (Å²) in [6.45, 7) is 3.33. The van der Waals surface area contributed by atoms with Gasteiger partial charge in [-0.25, -0.2) is 0 Å². The van der Waals surface area contributed by atoms with Crippen LogP contribution in [-0.2, 0) is 13.0 Å². The normalized spacial score (nSPS) is 21.3. The lowest BCUT2D eigenvalue weighted by atomic mass is 9.76. The molecule has 1 aliphatic heterocycles. The van der Waals surface area contributed by atoms with Gasteiger partial charge in [0.25, 0.3) is 0 Å². The number of aromatic nitrogens is 1. The number of phenols is 1. The van der Waals surface area contributed by atoms with Gasteiger partial charge in [0.2, 0.25) is 6.04 Å². The molecule has 2 aromatic carbocycles. The molecule has 4 rings (SSSR count). The van der Waals surface area contributed by atoms with Gasteiger partial charge in [0, 0.05) is 30.4 Å². The van der Waals surface area contributed by atoms with Gasteiger partial charge in [-0.15, -0.1) is 0 Å². The van der Waals surface area contributed by atoms with Gasteiger partial charge in [0.1, 0.15) is 11.8 Å². The maximum atomic E-state index is 12.6. The SMILES string of the molecule is CCc1ccccc1[C@@H]1CCN(Cc2cccnc2)[C@H](c2ccc(O)c(N)c2)[C@H]1[N+](=O)[O-]. The van der Waals surface area contributed by atoms with E-state index in [1.54, 1.807) is 24.5 Å². The number of benzene rings is 2. The summed E-state index contributed by atoms with van der Waals surface area (Å²) in [7, 11) is 0. The molecule has 7 heteroatoms. The minimum atomic E-state index is -0.850. The first-order chi connectivity index (χ1) is 15.5. The lowest BCUT2D eigenvalue weighted by Gasteiger charge is -2.42. The van der Waals surface area contributed by atoms with Gasteiger partial charge in [0.05, 0.1) is 11.6 Å². The molecule has 0 aliphatic carbocycles. The first-order valence-corrected chi connectivity index (χ1v) is 10.9. The zero-order chi connectivity index (χ0) is 22.7. The highest BCUT2D eigenvalue weighted by atomic mass is 16.6. The lowest BCUT2D eigenvalue weighted by Crippen LogP contribution is -2.49. The number of nitro groups is 1. The predicted molar refractivity (Wildman–Crippen MR) is 124 cm³/mol. The number of likely N-dealkylation sites (tertiary alicyclic amines) is 1. The van der Waals surface area contributed by atoms with Crippen LogP contribution in [0.15, 0.2) is 67.0 Å². The van der Waals surface area contributed by atoms with Gasteiger partial charge >= 0.3 is 0 Å². The predicted octanol–water partition coefficient (Wildman–Crippen LogP) is 4.31. The van der Waals surface area contributed by atoms with E-state index in [0.29, 0.717) is 19.5 Å². The number of hydrogen-bond acceptors (Lipinski definition) is 6. The molecule has 166 valence electrons. The fourth-order valence-electron chi connectivity index (χ4n) is 4.94. The Bertz CT molecular complexity index is 1090. The van der Waals surface area contributed by atoms with E-state index in [-0.39, 0.29) is 22.3 Å². The largest absolute Gasteiger partial charge is 0.506 e. The van der Waals surface area contributed by atoms with Crippen LogP contribution < -0.4 is 5.73 Å². The van der Waals surface area contributed by atoms with E-state index < -0.39 is 12.1 Å². The van der Waals surface area contributed by atoms with E-state index in [2.05, 4.69) is 22.9 Å². The fraction of sp³-hybridized carbons (Fsp3) is 0.320. The molecule has 2 heterocycles. The molecule has 1 saturated heterocycles. The van der Waals surface area contributed by atoms with Gasteiger partial charge < -0.3 is 10.8 Å². The van der Waals surface area contributed by atoms with Crippen LogP contribution in [-0.4, -0.2) is 32.5 Å². The van der Waals surface area contributed by atoms with Crippen LogP contribution in [0.1, 0.15) is 47.6 Å². The minimum Gasteiger partial charge on any atom is -0.506 e. The Morgan fingerprint density at radius 1 is 1.22 bits per heavy atom. The standard InChI is InChI=1S/C25H28N4O3/c1-2-18-7-3-4-8-20(18)21-11-13-28(16-17-6-5-12-27-15-17)24(25(21)29(31)32)19-9-10-23(30)22(26)14-19/h3-10,12,14-15,21,24-25,30H,2,11,13,16,26H2,1H3/t21-,24+,25-/m0/s1. The average molecular weight is 433 g/mol. The Morgan fingerprint density at radius 2 is 2.03 bits per heavy atom. The molecule has 3 atom stereocenters. The van der Waals surface area contributed by atoms with Crippen molar-refractivity contribution in [1.82, 2.24) is 9.88 Å². The summed E-state index contributed by atoms with van der Waals surface area (Å²) in [6.07, 6.45) is 5.03. The zero-order valence-corrected chi connectivity index (χ0v) is 18.1. The molecule has 3 N–H and O–H groups in total. The summed E-state index contributed by atoms with van der Waals surface area (Å²) in [5.41, 5.74) is 10.2. The van der Waals surface area contributed by atoms with Crippen molar-refractivity contribution in [3.63, 3.8) is 0 Å². The lowest BCUT2D eigenvalue weighted by molar-refractivity contribution is -0.540. The van der Waals surface area contributed by atoms with Crippen molar-refractivity contribution in [1.29, 1.82) is 0 Å². The summed E-state index contributed by atoms with van der Waals surface area (Å²) < 4.78 is 0. The topological polar surface area (TPSA) is 106 Å². The monoisotopic (exact) mass is 432 g/mol. The maximum Gasteiger partial charge on any atom is 0.239 e. The van der Waals surface area contributed by atoms with Crippen molar-refractivity contribution in [3.05, 3.63) is 99.4 Å². The molecule has 0 saturated carbocycles. The molecule has 1 fully saturated rings. The number of nitrogens with two attached hydrogens (primary N) is 1. The first kappa shape index (κ1) is 21.8. The fourth-order valence-corrected chi connectivity index (χ4v) is 4.94. The zero-order valence-electron chi connectivity index (χ0n) is 18.1. The second kappa shape index (κ2) is 9.36. The van der Waals surface area contributed by atoms with Gasteiger partial charge in [-0.2, -0.15) is 0 Å². The van der Waals surface area contributed by atoms with E-state index in [9.17, 15) is 15.2 Å². The highest BCUT2D eigenvalue weighted by Gasteiger charge is 2.47. The Kier molecular flexibility index (Phi) is 6.37. The van der Waals surface area contributed by atoms with Crippen LogP contribution in [0.5, 0.6) is 5.75 Å². The summed E-state index contributed by atoms with van der Waals surface area (Å²) in [5.74, 6) is -0.236. The molecule has 1 aromatic heterocycles. The number of anilines is 1. The summed E-state index contributed by atoms with van der Waals surface area (Å²) in [5, 5.41) is 22.5. The van der Waals surface area contributed by atoms with Gasteiger partial charge in [-0.3, -0.25) is 20.0 Å². The second-order valence-electron chi connectivity index (χ2n) is 8.32. The van der Waals surface area contributed by atoms with E-state index in [4.69, 9.17) is 5.73 Å². The van der Waals surface area contributed by atoms with E-state index >= 15 is 0 Å². The third-order valence-electron chi connectivity index (χ3n) is 6.44. The van der Waals surface area contributed by atoms with Crippen molar-refractivity contribution >= 4 is 5.69 Å². The van der Waals surface area contributed by atoms with Crippen LogP contribution in [0.25, 0.3) is 0 Å². The second-order valence-corrected chi connectivity index (χ2v) is 8.32. The molecule has 0 spiro atoms. The number of nitrogens with zero attached hydrogens (tertiary/aromatic N) is 3. The van der Waals surface area contributed by atoms with Crippen molar-refractivity contribution in [2.45, 2.75) is 44.3 Å². The molecule has 0 radical (unpaired) electrons. The van der Waals surface area contributed by atoms with E-state index in [0.717, 1.165) is 28.7 Å². The summed E-state index contributed by atoms with van der Waals surface area (Å²) in [6, 6.07) is 15.5. The highest BCUT2D eigenvalue weighted by molar-refractivity contribution is 5.54. The number of aryl methyl sites for hydroxylation is 1. The van der Waals surface area contributed by atoms with Crippen molar-refractivity contribution in [2.75, 3.05) is 12.3 Å². The molecule has 3 aromatic rings. The quantitative estimate of drug-likeness (QED) is 0.260. The molecule has 32 heavy (non-hydrogen) atoms. The Morgan fingerprint density at radius 3 is 2.72 bits per heavy atom. The summed E-state index contributed by atoms with van der Waals surface area (Å²) in [4.78, 5) is 18.8. The van der Waals surface area contributed by atoms with Crippen LogP contribution in [0.2, 0.25) is 0 Å². The van der Waals surface area contributed by atoms with Crippen molar-refractivity contribution in [2.24, 2.45) is 0 Å². The number of hydrogen-bond donors (Lipinski definition) is 2. The molecular formula is C25H28N4O3. The van der Waals surface area contributed by atoms with Gasteiger partial charge in [0.15, 0.2) is 0 Å². The molecule has 1 aliphatic rings. The molecular weight excluding hydrogens is 404 g/mol. The molecule has 7 nitrogen and oxygen atoms in total. The van der Waals surface area contributed by atoms with Crippen LogP contribution in [0, 0.1) is 10.1 Å². The molecule has 0 amide bonds. The molecule has 0 bridgehead atoms. The number of nitrogen functional groups attached to an aromatic ring is 1. The third-order valence-corrected chi connectivity index (χ3v) is 6.44. The van der Waals surface area contributed by atoms with Crippen molar-refractivity contribution in [3.8, 4) is 5.75 Å². The van der Waals surface area contributed by atoms with Crippen LogP contribution in [0.4, 0.5) is 5.69 Å². The van der Waals surface area contributed by atoms with Crippen LogP contribution in [0.3, 0.4) is 0 Å². The maximum absolute atomic E-state index is 12.6. The highest BCUT2D eigenvalue weighted by Crippen LogP contribution is 2.43. The third kappa shape index (κ3) is 4.29. The Labute approximate surface area is 187 Å². The average Bonchev–Trinajstić information content (AvgIpc) is 2.81. The van der Waals surface area contributed by atoms with E-state index in [1.165, 1.54) is 6.07 Å². The number of phenolic OH excluding ortho intramolecular Hbond substituents is 1.